The molecule has 1 aliphatic rings. The summed E-state index contributed by atoms with van der Waals surface area (Å²) in [4.78, 5) is 0. The Morgan fingerprint density at radius 1 is 1.29 bits per heavy atom. The largest absolute Gasteiger partial charge is 0.490 e. The van der Waals surface area contributed by atoms with Crippen molar-refractivity contribution in [3.8, 4) is 5.75 Å². The first-order valence-corrected chi connectivity index (χ1v) is 6.11. The normalized spacial score (nSPS) is 24.2. The van der Waals surface area contributed by atoms with Gasteiger partial charge in [-0.1, -0.05) is 20.8 Å². The summed E-state index contributed by atoms with van der Waals surface area (Å²) < 4.78 is 5.92. The van der Waals surface area contributed by atoms with E-state index in [2.05, 4.69) is 20.8 Å². The van der Waals surface area contributed by atoms with Crippen LogP contribution in [0.4, 0.5) is 5.69 Å². The molecule has 3 N–H and O–H groups in total. The highest BCUT2D eigenvalue weighted by Crippen LogP contribution is 2.35. The van der Waals surface area contributed by atoms with Crippen LogP contribution in [0.1, 0.15) is 39.2 Å². The van der Waals surface area contributed by atoms with E-state index >= 15 is 0 Å². The van der Waals surface area contributed by atoms with Gasteiger partial charge in [0.1, 0.15) is 11.9 Å². The Labute approximate surface area is 103 Å². The third kappa shape index (κ3) is 2.72. The van der Waals surface area contributed by atoms with Crippen LogP contribution in [-0.2, 0) is 5.41 Å². The highest BCUT2D eigenvalue weighted by atomic mass is 16.5. The topological polar surface area (TPSA) is 55.5 Å². The minimum absolute atomic E-state index is 0.00702. The number of aliphatic hydroxyl groups is 1. The maximum Gasteiger partial charge on any atom is 0.123 e. The molecule has 0 radical (unpaired) electrons. The molecule has 1 aromatic carbocycles. The van der Waals surface area contributed by atoms with E-state index in [0.29, 0.717) is 0 Å². The highest BCUT2D eigenvalue weighted by molar-refractivity contribution is 5.50. The molecule has 1 aromatic rings. The zero-order valence-electron chi connectivity index (χ0n) is 10.7. The monoisotopic (exact) mass is 235 g/mol. The molecule has 0 spiro atoms. The summed E-state index contributed by atoms with van der Waals surface area (Å²) in [6.45, 7) is 6.43. The first-order chi connectivity index (χ1) is 7.86. The van der Waals surface area contributed by atoms with Crippen LogP contribution in [0, 0.1) is 0 Å². The highest BCUT2D eigenvalue weighted by Gasteiger charge is 2.30. The smallest absolute Gasteiger partial charge is 0.123 e. The number of ether oxygens (including phenoxy) is 1. The Balaban J connectivity index is 2.21. The fraction of sp³-hybridized carbons (Fsp3) is 0.571. The molecule has 0 unspecified atom stereocenters. The Kier molecular flexibility index (Phi) is 3.04. The average Bonchev–Trinajstić information content (AvgIpc) is 2.16. The van der Waals surface area contributed by atoms with Crippen molar-refractivity contribution in [2.75, 3.05) is 5.73 Å². The number of rotatable bonds is 2. The molecule has 17 heavy (non-hydrogen) atoms. The first kappa shape index (κ1) is 12.2. The summed E-state index contributed by atoms with van der Waals surface area (Å²) in [6.07, 6.45) is 1.42. The van der Waals surface area contributed by atoms with E-state index in [1.807, 2.05) is 18.2 Å². The van der Waals surface area contributed by atoms with E-state index in [1.54, 1.807) is 0 Å². The molecule has 1 aliphatic carbocycles. The summed E-state index contributed by atoms with van der Waals surface area (Å²) >= 11 is 0. The molecule has 0 heterocycles. The zero-order chi connectivity index (χ0) is 12.6. The molecule has 0 atom stereocenters. The fourth-order valence-electron chi connectivity index (χ4n) is 2.05. The van der Waals surface area contributed by atoms with Gasteiger partial charge in [-0.2, -0.15) is 0 Å². The van der Waals surface area contributed by atoms with Crippen LogP contribution in [0.2, 0.25) is 0 Å². The van der Waals surface area contributed by atoms with E-state index in [-0.39, 0.29) is 17.6 Å². The molecule has 0 aliphatic heterocycles. The number of anilines is 1. The van der Waals surface area contributed by atoms with Gasteiger partial charge in [0.05, 0.1) is 6.10 Å². The van der Waals surface area contributed by atoms with Crippen molar-refractivity contribution >= 4 is 5.69 Å². The summed E-state index contributed by atoms with van der Waals surface area (Å²) in [5, 5.41) is 9.27. The minimum atomic E-state index is -0.188. The minimum Gasteiger partial charge on any atom is -0.490 e. The van der Waals surface area contributed by atoms with Crippen LogP contribution in [0.3, 0.4) is 0 Å². The third-order valence-electron chi connectivity index (χ3n) is 3.18. The molecule has 1 saturated carbocycles. The number of hydrogen-bond acceptors (Lipinski definition) is 3. The van der Waals surface area contributed by atoms with E-state index in [9.17, 15) is 5.11 Å². The van der Waals surface area contributed by atoms with E-state index in [4.69, 9.17) is 10.5 Å². The van der Waals surface area contributed by atoms with E-state index in [1.165, 1.54) is 0 Å². The number of nitrogens with two attached hydrogens (primary N) is 1. The molecule has 0 aromatic heterocycles. The summed E-state index contributed by atoms with van der Waals surface area (Å²) in [5.41, 5.74) is 7.72. The number of benzene rings is 1. The van der Waals surface area contributed by atoms with Crippen LogP contribution in [0.25, 0.3) is 0 Å². The lowest BCUT2D eigenvalue weighted by atomic mass is 9.85. The SMILES string of the molecule is CC(C)(C)c1cc(N)ccc1OC1CC(O)C1. The molecular weight excluding hydrogens is 214 g/mol. The van der Waals surface area contributed by atoms with Gasteiger partial charge in [0.2, 0.25) is 0 Å². The predicted molar refractivity (Wildman–Crippen MR) is 69.2 cm³/mol. The Bertz CT molecular complexity index is 403. The maximum atomic E-state index is 9.27. The standard InChI is InChI=1S/C14H21NO2/c1-14(2,3)12-6-9(15)4-5-13(12)17-11-7-10(16)8-11/h4-6,10-11,16H,7-8,15H2,1-3H3. The summed E-state index contributed by atoms with van der Waals surface area (Å²) in [5.74, 6) is 0.892. The molecule has 94 valence electrons. The van der Waals surface area contributed by atoms with Gasteiger partial charge >= 0.3 is 0 Å². The van der Waals surface area contributed by atoms with Gasteiger partial charge in [-0.25, -0.2) is 0 Å². The molecule has 0 amide bonds. The second kappa shape index (κ2) is 4.22. The molecule has 0 saturated heterocycles. The first-order valence-electron chi connectivity index (χ1n) is 6.11. The molecule has 3 heteroatoms. The van der Waals surface area contributed by atoms with E-state index in [0.717, 1.165) is 29.8 Å². The van der Waals surface area contributed by atoms with Crippen LogP contribution in [-0.4, -0.2) is 17.3 Å². The van der Waals surface area contributed by atoms with Crippen molar-refractivity contribution in [2.45, 2.75) is 51.2 Å². The van der Waals surface area contributed by atoms with Crippen molar-refractivity contribution in [2.24, 2.45) is 0 Å². The quantitative estimate of drug-likeness (QED) is 0.774. The van der Waals surface area contributed by atoms with Crippen molar-refractivity contribution in [3.05, 3.63) is 23.8 Å². The number of hydrogen-bond donors (Lipinski definition) is 2. The van der Waals surface area contributed by atoms with Gasteiger partial charge in [0, 0.05) is 24.1 Å². The van der Waals surface area contributed by atoms with Crippen LogP contribution >= 0.6 is 0 Å². The number of nitrogen functional groups attached to an aromatic ring is 1. The molecule has 0 bridgehead atoms. The summed E-state index contributed by atoms with van der Waals surface area (Å²) in [7, 11) is 0. The molecule has 3 nitrogen and oxygen atoms in total. The van der Waals surface area contributed by atoms with Crippen molar-refractivity contribution < 1.29 is 9.84 Å². The van der Waals surface area contributed by atoms with Gasteiger partial charge in [0.25, 0.3) is 0 Å². The number of aliphatic hydroxyl groups excluding tert-OH is 1. The fourth-order valence-corrected chi connectivity index (χ4v) is 2.05. The maximum absolute atomic E-state index is 9.27. The predicted octanol–water partition coefficient (Wildman–Crippen LogP) is 2.47. The zero-order valence-corrected chi connectivity index (χ0v) is 10.7. The van der Waals surface area contributed by atoms with Gasteiger partial charge in [0.15, 0.2) is 0 Å². The van der Waals surface area contributed by atoms with Crippen molar-refractivity contribution in [1.29, 1.82) is 0 Å². The van der Waals surface area contributed by atoms with Crippen molar-refractivity contribution in [1.82, 2.24) is 0 Å². The summed E-state index contributed by atoms with van der Waals surface area (Å²) in [6, 6.07) is 5.77. The lowest BCUT2D eigenvalue weighted by molar-refractivity contribution is -0.0115. The van der Waals surface area contributed by atoms with Crippen LogP contribution in [0.15, 0.2) is 18.2 Å². The average molecular weight is 235 g/mol. The Morgan fingerprint density at radius 3 is 2.47 bits per heavy atom. The molecule has 1 fully saturated rings. The van der Waals surface area contributed by atoms with Gasteiger partial charge in [-0.3, -0.25) is 0 Å². The van der Waals surface area contributed by atoms with Gasteiger partial charge in [-0.05, 0) is 23.6 Å². The lowest BCUT2D eigenvalue weighted by Crippen LogP contribution is -2.38. The molecular formula is C14H21NO2. The van der Waals surface area contributed by atoms with E-state index < -0.39 is 0 Å². The Hall–Kier alpha value is -1.22. The lowest BCUT2D eigenvalue weighted by Gasteiger charge is -2.33. The Morgan fingerprint density at radius 2 is 1.94 bits per heavy atom. The second-order valence-electron chi connectivity index (χ2n) is 5.87. The van der Waals surface area contributed by atoms with Crippen molar-refractivity contribution in [3.63, 3.8) is 0 Å². The second-order valence-corrected chi connectivity index (χ2v) is 5.87. The molecule has 2 rings (SSSR count). The van der Waals surface area contributed by atoms with Crippen LogP contribution in [0.5, 0.6) is 5.75 Å². The van der Waals surface area contributed by atoms with Gasteiger partial charge in [-0.15, -0.1) is 0 Å². The third-order valence-corrected chi connectivity index (χ3v) is 3.18. The van der Waals surface area contributed by atoms with Crippen LogP contribution < -0.4 is 10.5 Å². The van der Waals surface area contributed by atoms with Gasteiger partial charge < -0.3 is 15.6 Å².